The second-order valence-electron chi connectivity index (χ2n) is 4.22. The molecule has 0 fully saturated rings. The molecule has 2 aromatic rings. The number of aromatic nitrogens is 2. The summed E-state index contributed by atoms with van der Waals surface area (Å²) in [6.07, 6.45) is 1.90. The minimum atomic E-state index is -0.720. The fraction of sp³-hybridized carbons (Fsp3) is 0.154. The molecule has 1 amide bonds. The zero-order valence-corrected chi connectivity index (χ0v) is 10.4. The number of carbonyl (C=O) groups is 1. The predicted octanol–water partition coefficient (Wildman–Crippen LogP) is 1.20. The van der Waals surface area contributed by atoms with Crippen LogP contribution in [0, 0.1) is 12.7 Å². The van der Waals surface area contributed by atoms with Crippen LogP contribution in [0.3, 0.4) is 0 Å². The quantitative estimate of drug-likeness (QED) is 0.866. The number of primary amides is 1. The van der Waals surface area contributed by atoms with Crippen LogP contribution in [0.2, 0.25) is 0 Å². The van der Waals surface area contributed by atoms with Gasteiger partial charge in [0.15, 0.2) is 11.5 Å². The first kappa shape index (κ1) is 12.9. The molecule has 1 heterocycles. The van der Waals surface area contributed by atoms with Crippen molar-refractivity contribution >= 4 is 11.7 Å². The summed E-state index contributed by atoms with van der Waals surface area (Å²) < 4.78 is 13.2. The van der Waals surface area contributed by atoms with Gasteiger partial charge in [-0.05, 0) is 24.1 Å². The molecule has 0 bridgehead atoms. The lowest BCUT2D eigenvalue weighted by atomic mass is 10.1. The molecule has 0 saturated heterocycles. The van der Waals surface area contributed by atoms with Gasteiger partial charge in [-0.25, -0.2) is 14.4 Å². The Morgan fingerprint density at radius 3 is 2.79 bits per heavy atom. The van der Waals surface area contributed by atoms with Crippen LogP contribution < -0.4 is 11.5 Å². The van der Waals surface area contributed by atoms with Gasteiger partial charge in [-0.3, -0.25) is 4.79 Å². The summed E-state index contributed by atoms with van der Waals surface area (Å²) in [5.41, 5.74) is 12.6. The maximum absolute atomic E-state index is 13.2. The maximum Gasteiger partial charge on any atom is 0.271 e. The third-order valence-corrected chi connectivity index (χ3v) is 2.69. The highest BCUT2D eigenvalue weighted by molar-refractivity contribution is 5.94. The highest BCUT2D eigenvalue weighted by Gasteiger charge is 2.10. The van der Waals surface area contributed by atoms with Crippen molar-refractivity contribution < 1.29 is 9.18 Å². The number of anilines is 1. The molecule has 4 N–H and O–H groups in total. The van der Waals surface area contributed by atoms with E-state index in [-0.39, 0.29) is 17.3 Å². The van der Waals surface area contributed by atoms with Gasteiger partial charge in [0, 0.05) is 6.42 Å². The van der Waals surface area contributed by atoms with Gasteiger partial charge in [0.2, 0.25) is 0 Å². The molecule has 0 radical (unpaired) electrons. The largest absolute Gasteiger partial charge is 0.382 e. The Hall–Kier alpha value is -2.50. The molecule has 5 nitrogen and oxygen atoms in total. The number of rotatable bonds is 3. The topological polar surface area (TPSA) is 94.9 Å². The number of benzene rings is 1. The molecule has 0 atom stereocenters. The van der Waals surface area contributed by atoms with E-state index in [1.165, 1.54) is 12.3 Å². The first-order valence-electron chi connectivity index (χ1n) is 5.63. The lowest BCUT2D eigenvalue weighted by Crippen LogP contribution is -2.17. The van der Waals surface area contributed by atoms with E-state index in [1.54, 1.807) is 19.1 Å². The summed E-state index contributed by atoms with van der Waals surface area (Å²) in [6, 6.07) is 4.77. The molecule has 0 aliphatic carbocycles. The Morgan fingerprint density at radius 1 is 1.42 bits per heavy atom. The summed E-state index contributed by atoms with van der Waals surface area (Å²) in [7, 11) is 0. The van der Waals surface area contributed by atoms with Gasteiger partial charge in [-0.15, -0.1) is 0 Å². The lowest BCUT2D eigenvalue weighted by Gasteiger charge is -2.05. The van der Waals surface area contributed by atoms with E-state index in [1.807, 2.05) is 0 Å². The summed E-state index contributed by atoms with van der Waals surface area (Å²) in [6.45, 7) is 1.68. The molecular formula is C13H13FN4O. The van der Waals surface area contributed by atoms with Crippen LogP contribution in [0.1, 0.15) is 27.3 Å². The Kier molecular flexibility index (Phi) is 3.41. The molecule has 0 spiro atoms. The van der Waals surface area contributed by atoms with Crippen LogP contribution in [-0.4, -0.2) is 15.9 Å². The third kappa shape index (κ3) is 2.85. The van der Waals surface area contributed by atoms with Crippen molar-refractivity contribution in [3.05, 3.63) is 52.7 Å². The Morgan fingerprint density at radius 2 is 2.16 bits per heavy atom. The number of aryl methyl sites for hydroxylation is 1. The van der Waals surface area contributed by atoms with Gasteiger partial charge in [-0.1, -0.05) is 12.1 Å². The van der Waals surface area contributed by atoms with Gasteiger partial charge in [0.25, 0.3) is 5.91 Å². The fourth-order valence-corrected chi connectivity index (χ4v) is 1.73. The second-order valence-corrected chi connectivity index (χ2v) is 4.22. The molecule has 0 aliphatic heterocycles. The van der Waals surface area contributed by atoms with Gasteiger partial charge in [-0.2, -0.15) is 0 Å². The first-order valence-corrected chi connectivity index (χ1v) is 5.63. The van der Waals surface area contributed by atoms with E-state index in [9.17, 15) is 9.18 Å². The number of nitrogens with two attached hydrogens (primary N) is 2. The summed E-state index contributed by atoms with van der Waals surface area (Å²) in [5.74, 6) is -0.973. The van der Waals surface area contributed by atoms with Gasteiger partial charge in [0.1, 0.15) is 5.82 Å². The zero-order valence-electron chi connectivity index (χ0n) is 10.4. The second kappa shape index (κ2) is 5.01. The van der Waals surface area contributed by atoms with Crippen LogP contribution in [-0.2, 0) is 6.42 Å². The Balaban J connectivity index is 2.30. The molecule has 0 saturated carbocycles. The molecule has 0 unspecified atom stereocenters. The van der Waals surface area contributed by atoms with Crippen molar-refractivity contribution in [1.29, 1.82) is 0 Å². The number of carbonyl (C=O) groups excluding carboxylic acids is 1. The van der Waals surface area contributed by atoms with Gasteiger partial charge < -0.3 is 11.5 Å². The minimum absolute atomic E-state index is 0.00605. The minimum Gasteiger partial charge on any atom is -0.382 e. The number of halogens is 1. The van der Waals surface area contributed by atoms with Crippen molar-refractivity contribution in [3.8, 4) is 0 Å². The van der Waals surface area contributed by atoms with Crippen molar-refractivity contribution in [2.24, 2.45) is 5.73 Å². The summed E-state index contributed by atoms with van der Waals surface area (Å²) >= 11 is 0. The summed E-state index contributed by atoms with van der Waals surface area (Å²) in [5, 5.41) is 0. The number of hydrogen-bond donors (Lipinski definition) is 2. The molecular weight excluding hydrogens is 247 g/mol. The van der Waals surface area contributed by atoms with Crippen molar-refractivity contribution in [2.45, 2.75) is 13.3 Å². The van der Waals surface area contributed by atoms with E-state index in [0.717, 1.165) is 5.56 Å². The molecule has 0 aliphatic rings. The maximum atomic E-state index is 13.2. The Bertz CT molecular complexity index is 643. The average molecular weight is 260 g/mol. The van der Waals surface area contributed by atoms with Crippen molar-refractivity contribution in [2.75, 3.05) is 5.73 Å². The molecule has 19 heavy (non-hydrogen) atoms. The molecule has 1 aromatic heterocycles. The van der Waals surface area contributed by atoms with Crippen LogP contribution >= 0.6 is 0 Å². The zero-order chi connectivity index (χ0) is 14.0. The SMILES string of the molecule is Cc1cc(Cc2cnc(N)c(C(N)=O)n2)ccc1F. The first-order chi connectivity index (χ1) is 8.97. The number of hydrogen-bond acceptors (Lipinski definition) is 4. The fourth-order valence-electron chi connectivity index (χ4n) is 1.73. The average Bonchev–Trinajstić information content (AvgIpc) is 2.36. The molecule has 98 valence electrons. The van der Waals surface area contributed by atoms with Crippen LogP contribution in [0.4, 0.5) is 10.2 Å². The molecule has 1 aromatic carbocycles. The summed E-state index contributed by atoms with van der Waals surface area (Å²) in [4.78, 5) is 19.1. The third-order valence-electron chi connectivity index (χ3n) is 2.69. The Labute approximate surface area is 109 Å². The lowest BCUT2D eigenvalue weighted by molar-refractivity contribution is 0.0996. The van der Waals surface area contributed by atoms with E-state index in [2.05, 4.69) is 9.97 Å². The van der Waals surface area contributed by atoms with E-state index >= 15 is 0 Å². The standard InChI is InChI=1S/C13H13FN4O/c1-7-4-8(2-3-10(7)14)5-9-6-17-12(15)11(18-9)13(16)19/h2-4,6H,5H2,1H3,(H2,15,17)(H2,16,19). The van der Waals surface area contributed by atoms with Gasteiger partial charge in [0.05, 0.1) is 11.9 Å². The number of nitrogen functional groups attached to an aromatic ring is 1. The predicted molar refractivity (Wildman–Crippen MR) is 68.9 cm³/mol. The van der Waals surface area contributed by atoms with E-state index < -0.39 is 5.91 Å². The number of nitrogens with zero attached hydrogens (tertiary/aromatic N) is 2. The smallest absolute Gasteiger partial charge is 0.271 e. The van der Waals surface area contributed by atoms with Crippen molar-refractivity contribution in [3.63, 3.8) is 0 Å². The van der Waals surface area contributed by atoms with E-state index in [0.29, 0.717) is 17.7 Å². The normalized spacial score (nSPS) is 10.4. The highest BCUT2D eigenvalue weighted by Crippen LogP contribution is 2.14. The monoisotopic (exact) mass is 260 g/mol. The van der Waals surface area contributed by atoms with Crippen LogP contribution in [0.25, 0.3) is 0 Å². The molecule has 2 rings (SSSR count). The van der Waals surface area contributed by atoms with Crippen LogP contribution in [0.15, 0.2) is 24.4 Å². The molecule has 6 heteroatoms. The van der Waals surface area contributed by atoms with Gasteiger partial charge >= 0.3 is 0 Å². The van der Waals surface area contributed by atoms with Crippen LogP contribution in [0.5, 0.6) is 0 Å². The van der Waals surface area contributed by atoms with E-state index in [4.69, 9.17) is 11.5 Å². The highest BCUT2D eigenvalue weighted by atomic mass is 19.1. The van der Waals surface area contributed by atoms with Crippen molar-refractivity contribution in [1.82, 2.24) is 9.97 Å². The number of amides is 1.